The molecule has 2 aliphatic heterocycles. The number of piperidine rings is 2. The van der Waals surface area contributed by atoms with Gasteiger partial charge >= 0.3 is 37.9 Å². The summed E-state index contributed by atoms with van der Waals surface area (Å²) in [5.74, 6) is 0. The van der Waals surface area contributed by atoms with Crippen LogP contribution in [-0.2, 0) is 33.7 Å². The molecule has 0 aliphatic carbocycles. The maximum absolute atomic E-state index is 4.93. The van der Waals surface area contributed by atoms with Gasteiger partial charge in [0, 0.05) is 47.1 Å². The third-order valence-corrected chi connectivity index (χ3v) is 10.2. The van der Waals surface area contributed by atoms with Gasteiger partial charge < -0.3 is 9.80 Å². The average molecular weight is 825 g/mol. The van der Waals surface area contributed by atoms with E-state index in [-0.39, 0.29) is 0 Å². The predicted octanol–water partition coefficient (Wildman–Crippen LogP) is 13.7. The number of fused-ring (bicyclic) bond motifs is 2. The Morgan fingerprint density at radius 2 is 0.904 bits per heavy atom. The molecule has 2 fully saturated rings. The van der Waals surface area contributed by atoms with E-state index in [1.807, 2.05) is 0 Å². The van der Waals surface area contributed by atoms with E-state index < -0.39 is 20.8 Å². The number of halogens is 2. The van der Waals surface area contributed by atoms with E-state index >= 15 is 0 Å². The fourth-order valence-corrected chi connectivity index (χ4v) is 7.51. The molecule has 270 valence electrons. The fourth-order valence-electron chi connectivity index (χ4n) is 7.51. The summed E-state index contributed by atoms with van der Waals surface area (Å²) in [5, 5.41) is 5.49. The molecular formula is C46H54Cl2N2SiZr. The Hall–Kier alpha value is -2.62. The molecule has 0 aromatic heterocycles. The zero-order chi connectivity index (χ0) is 36.7. The first-order chi connectivity index (χ1) is 25.5. The van der Waals surface area contributed by atoms with Gasteiger partial charge in [-0.05, 0) is 86.8 Å². The summed E-state index contributed by atoms with van der Waals surface area (Å²) >= 11 is -0.826. The first-order valence-electron chi connectivity index (χ1n) is 19.2. The van der Waals surface area contributed by atoms with Crippen molar-refractivity contribution in [1.82, 2.24) is 0 Å². The fraction of sp³-hybridized carbons (Fsp3) is 0.348. The van der Waals surface area contributed by atoms with Crippen LogP contribution in [0.25, 0.3) is 43.8 Å². The molecule has 0 spiro atoms. The molecule has 0 N–H and O–H groups in total. The van der Waals surface area contributed by atoms with Gasteiger partial charge in [-0.3, -0.25) is 0 Å². The standard InChI is InChI=1S/2C22H24N.C2H6Si.2ClH.Zr/c2*1-2-17-15-19-7-6-8-21(22(19)16-17)18-9-11-20(12-10-18)23-13-4-3-5-14-23;1-3-2;;;/h2*6-12,15-16H,2-5,13-14H2,1H3;1-2H3;2*1H;/q2*-1;;;;+4/p-2. The maximum atomic E-state index is 4.93. The molecule has 2 radical (unpaired) electrons. The Balaban J connectivity index is 0.000000175. The molecule has 0 unspecified atom stereocenters. The minimum absolute atomic E-state index is 0.826. The van der Waals surface area contributed by atoms with Crippen LogP contribution in [0.15, 0.2) is 109 Å². The Kier molecular flexibility index (Phi) is 16.6. The van der Waals surface area contributed by atoms with E-state index in [1.165, 1.54) is 131 Å². The molecule has 52 heavy (non-hydrogen) atoms. The van der Waals surface area contributed by atoms with Crippen LogP contribution in [-0.4, -0.2) is 35.7 Å². The minimum atomic E-state index is -0.826. The Morgan fingerprint density at radius 3 is 1.23 bits per heavy atom. The second-order valence-corrected chi connectivity index (χ2v) is 18.5. The summed E-state index contributed by atoms with van der Waals surface area (Å²) in [7, 11) is 11.0. The monoisotopic (exact) mass is 822 g/mol. The molecule has 0 amide bonds. The number of rotatable bonds is 6. The van der Waals surface area contributed by atoms with Gasteiger partial charge in [-0.1, -0.05) is 74.5 Å². The van der Waals surface area contributed by atoms with Crippen LogP contribution in [0, 0.1) is 0 Å². The molecule has 6 heteroatoms. The summed E-state index contributed by atoms with van der Waals surface area (Å²) in [6.45, 7) is 13.6. The van der Waals surface area contributed by atoms with E-state index in [2.05, 4.69) is 146 Å². The van der Waals surface area contributed by atoms with Crippen LogP contribution in [0.3, 0.4) is 0 Å². The Bertz CT molecular complexity index is 1780. The third kappa shape index (κ3) is 10.7. The van der Waals surface area contributed by atoms with Gasteiger partial charge in [0.05, 0.1) is 0 Å². The van der Waals surface area contributed by atoms with Crippen molar-refractivity contribution in [1.29, 1.82) is 0 Å². The molecule has 6 aromatic carbocycles. The summed E-state index contributed by atoms with van der Waals surface area (Å²) in [6, 6.07) is 41.0. The molecule has 8 rings (SSSR count). The molecule has 0 atom stereocenters. The third-order valence-electron chi connectivity index (χ3n) is 10.2. The van der Waals surface area contributed by atoms with Gasteiger partial charge in [0.1, 0.15) is 0 Å². The summed E-state index contributed by atoms with van der Waals surface area (Å²) < 4.78 is 0. The van der Waals surface area contributed by atoms with Crippen LogP contribution in [0.1, 0.15) is 63.5 Å². The van der Waals surface area contributed by atoms with E-state index in [9.17, 15) is 0 Å². The van der Waals surface area contributed by atoms with Gasteiger partial charge in [-0.25, -0.2) is 0 Å². The van der Waals surface area contributed by atoms with Crippen molar-refractivity contribution in [2.45, 2.75) is 78.3 Å². The van der Waals surface area contributed by atoms with E-state index in [0.717, 1.165) is 22.4 Å². The first-order valence-corrected chi connectivity index (χ1v) is 27.5. The molecule has 2 nitrogen and oxygen atoms in total. The molecule has 0 saturated carbocycles. The van der Waals surface area contributed by atoms with Gasteiger partial charge in [0.25, 0.3) is 0 Å². The Labute approximate surface area is 334 Å². The second kappa shape index (κ2) is 21.3. The van der Waals surface area contributed by atoms with Gasteiger partial charge in [-0.15, -0.1) is 69.1 Å². The predicted molar refractivity (Wildman–Crippen MR) is 230 cm³/mol. The zero-order valence-corrected chi connectivity index (χ0v) is 36.5. The van der Waals surface area contributed by atoms with Crippen molar-refractivity contribution in [3.63, 3.8) is 0 Å². The van der Waals surface area contributed by atoms with Crippen molar-refractivity contribution in [2.75, 3.05) is 36.0 Å². The summed E-state index contributed by atoms with van der Waals surface area (Å²) in [4.78, 5) is 5.04. The molecule has 6 aromatic rings. The molecule has 2 aliphatic rings. The van der Waals surface area contributed by atoms with Crippen LogP contribution >= 0.6 is 17.0 Å². The number of benzene rings is 4. The first kappa shape index (κ1) is 40.6. The molecule has 0 bridgehead atoms. The van der Waals surface area contributed by atoms with Crippen LogP contribution in [0.4, 0.5) is 11.4 Å². The number of hydrogen-bond acceptors (Lipinski definition) is 2. The van der Waals surface area contributed by atoms with Crippen LogP contribution < -0.4 is 9.80 Å². The summed E-state index contributed by atoms with van der Waals surface area (Å²) in [5.41, 5.74) is 11.0. The Morgan fingerprint density at radius 1 is 0.558 bits per heavy atom. The topological polar surface area (TPSA) is 6.48 Å². The van der Waals surface area contributed by atoms with Crippen molar-refractivity contribution in [3.8, 4) is 22.3 Å². The SMILES string of the molecule is CCc1cc2c(-c3ccc(N4CCCCC4)cc3)cccc2[cH-]1.CCc1cc2c(-c3ccc(N4CCCCC4)cc3)cccc2[cH-]1.C[Si]C.[Cl][Zr+2][Cl]. The van der Waals surface area contributed by atoms with Gasteiger partial charge in [0.2, 0.25) is 0 Å². The zero-order valence-electron chi connectivity index (χ0n) is 31.5. The van der Waals surface area contributed by atoms with Crippen LogP contribution in [0.2, 0.25) is 13.1 Å². The van der Waals surface area contributed by atoms with Gasteiger partial charge in [-0.2, -0.15) is 12.1 Å². The van der Waals surface area contributed by atoms with Crippen molar-refractivity contribution in [3.05, 3.63) is 120 Å². The number of anilines is 2. The molecular weight excluding hydrogens is 771 g/mol. The number of nitrogens with zero attached hydrogens (tertiary/aromatic N) is 2. The quantitative estimate of drug-likeness (QED) is 0.122. The van der Waals surface area contributed by atoms with Crippen LogP contribution in [0.5, 0.6) is 0 Å². The van der Waals surface area contributed by atoms with E-state index in [1.54, 1.807) is 0 Å². The molecule has 2 heterocycles. The van der Waals surface area contributed by atoms with Crippen molar-refractivity contribution >= 4 is 59.5 Å². The van der Waals surface area contributed by atoms with Crippen molar-refractivity contribution < 1.29 is 20.8 Å². The van der Waals surface area contributed by atoms with Crippen molar-refractivity contribution in [2.24, 2.45) is 0 Å². The second-order valence-electron chi connectivity index (χ2n) is 13.8. The number of aryl methyl sites for hydroxylation is 2. The van der Waals surface area contributed by atoms with Gasteiger partial charge in [0.15, 0.2) is 0 Å². The molecule has 2 saturated heterocycles. The normalized spacial score (nSPS) is 14.0. The number of hydrogen-bond donors (Lipinski definition) is 0. The summed E-state index contributed by atoms with van der Waals surface area (Å²) in [6.07, 6.45) is 10.3. The van der Waals surface area contributed by atoms with E-state index in [4.69, 9.17) is 17.0 Å². The van der Waals surface area contributed by atoms with E-state index in [0.29, 0.717) is 0 Å². The average Bonchev–Trinajstić information content (AvgIpc) is 3.84.